The summed E-state index contributed by atoms with van der Waals surface area (Å²) in [5.74, 6) is 0.234. The largest absolute Gasteiger partial charge is 0.394 e. The quantitative estimate of drug-likeness (QED) is 0.508. The maximum Gasteiger partial charge on any atom is 0.228 e. The van der Waals surface area contributed by atoms with Crippen LogP contribution in [-0.4, -0.2) is 43.5 Å². The lowest BCUT2D eigenvalue weighted by atomic mass is 10.2. The molecule has 2 heterocycles. The number of nitrogens with one attached hydrogen (secondary N) is 1. The number of hydrogen-bond donors (Lipinski definition) is 4. The van der Waals surface area contributed by atoms with Crippen LogP contribution in [0, 0.1) is 0 Å². The Bertz CT molecular complexity index is 403. The normalized spacial score (nSPS) is 18.8. The summed E-state index contributed by atoms with van der Waals surface area (Å²) in [6, 6.07) is 0. The lowest BCUT2D eigenvalue weighted by molar-refractivity contribution is -0.116. The number of hydrogen-bond acceptors (Lipinski definition) is 5. The predicted molar refractivity (Wildman–Crippen MR) is 53.5 cm³/mol. The van der Waals surface area contributed by atoms with Crippen LogP contribution in [0.5, 0.6) is 0 Å². The molecule has 1 aliphatic rings. The fourth-order valence-corrected chi connectivity index (χ4v) is 1.56. The van der Waals surface area contributed by atoms with Crippen molar-refractivity contribution in [1.29, 1.82) is 0 Å². The number of aliphatic hydroxyl groups excluding tert-OH is 3. The number of carbonyl (C=O) groups is 1. The molecule has 7 nitrogen and oxygen atoms in total. The molecular weight excluding hydrogens is 214 g/mol. The van der Waals surface area contributed by atoms with E-state index in [1.54, 1.807) is 10.8 Å². The van der Waals surface area contributed by atoms with Gasteiger partial charge < -0.3 is 19.9 Å². The second kappa shape index (κ2) is 4.20. The van der Waals surface area contributed by atoms with Crippen molar-refractivity contribution in [2.75, 3.05) is 11.9 Å². The summed E-state index contributed by atoms with van der Waals surface area (Å²) in [4.78, 5) is 15.1. The Morgan fingerprint density at radius 3 is 3.00 bits per heavy atom. The van der Waals surface area contributed by atoms with Crippen LogP contribution in [0.1, 0.15) is 18.2 Å². The molecule has 1 aliphatic heterocycles. The Hall–Kier alpha value is -1.44. The zero-order chi connectivity index (χ0) is 11.7. The van der Waals surface area contributed by atoms with Crippen LogP contribution < -0.4 is 5.32 Å². The van der Waals surface area contributed by atoms with Gasteiger partial charge in [-0.2, -0.15) is 0 Å². The van der Waals surface area contributed by atoms with Crippen LogP contribution in [0.4, 0.5) is 5.95 Å². The SMILES string of the molecule is O=C1CCn2cc(C(O)C(O)CO)nc2N1. The fraction of sp³-hybridized carbons (Fsp3) is 0.556. The van der Waals surface area contributed by atoms with Gasteiger partial charge in [0.1, 0.15) is 12.2 Å². The van der Waals surface area contributed by atoms with Crippen LogP contribution >= 0.6 is 0 Å². The van der Waals surface area contributed by atoms with Crippen molar-refractivity contribution in [1.82, 2.24) is 9.55 Å². The van der Waals surface area contributed by atoms with Gasteiger partial charge in [-0.15, -0.1) is 0 Å². The molecule has 2 rings (SSSR count). The molecule has 0 bridgehead atoms. The summed E-state index contributed by atoms with van der Waals surface area (Å²) >= 11 is 0. The molecule has 0 spiro atoms. The Balaban J connectivity index is 2.21. The smallest absolute Gasteiger partial charge is 0.228 e. The topological polar surface area (TPSA) is 108 Å². The molecule has 0 radical (unpaired) electrons. The van der Waals surface area contributed by atoms with Crippen molar-refractivity contribution < 1.29 is 20.1 Å². The fourth-order valence-electron chi connectivity index (χ4n) is 1.56. The van der Waals surface area contributed by atoms with Gasteiger partial charge in [-0.1, -0.05) is 0 Å². The maximum absolute atomic E-state index is 11.1. The number of rotatable bonds is 3. The van der Waals surface area contributed by atoms with Crippen LogP contribution in [0.2, 0.25) is 0 Å². The van der Waals surface area contributed by atoms with E-state index in [0.29, 0.717) is 18.9 Å². The molecule has 0 saturated heterocycles. The van der Waals surface area contributed by atoms with Gasteiger partial charge in [0, 0.05) is 19.2 Å². The summed E-state index contributed by atoms with van der Waals surface area (Å²) in [7, 11) is 0. The van der Waals surface area contributed by atoms with Crippen molar-refractivity contribution in [3.8, 4) is 0 Å². The van der Waals surface area contributed by atoms with Crippen molar-refractivity contribution in [3.63, 3.8) is 0 Å². The molecule has 0 saturated carbocycles. The van der Waals surface area contributed by atoms with Crippen molar-refractivity contribution in [2.45, 2.75) is 25.2 Å². The number of nitrogens with zero attached hydrogens (tertiary/aromatic N) is 2. The third kappa shape index (κ3) is 1.92. The van der Waals surface area contributed by atoms with Gasteiger partial charge in [0.05, 0.1) is 12.3 Å². The second-order valence-electron chi connectivity index (χ2n) is 3.68. The molecule has 7 heteroatoms. The number of aromatic nitrogens is 2. The molecule has 0 aromatic carbocycles. The van der Waals surface area contributed by atoms with E-state index in [2.05, 4.69) is 10.3 Å². The summed E-state index contributed by atoms with van der Waals surface area (Å²) in [5, 5.41) is 30.1. The second-order valence-corrected chi connectivity index (χ2v) is 3.68. The number of anilines is 1. The molecule has 1 aromatic heterocycles. The highest BCUT2D eigenvalue weighted by atomic mass is 16.4. The minimum absolute atomic E-state index is 0.123. The minimum atomic E-state index is -1.27. The van der Waals surface area contributed by atoms with Crippen molar-refractivity contribution in [3.05, 3.63) is 11.9 Å². The Morgan fingerprint density at radius 1 is 1.56 bits per heavy atom. The summed E-state index contributed by atoms with van der Waals surface area (Å²) in [6.45, 7) is -0.0498. The van der Waals surface area contributed by atoms with Crippen molar-refractivity contribution >= 4 is 11.9 Å². The van der Waals surface area contributed by atoms with E-state index in [9.17, 15) is 15.0 Å². The first kappa shape index (κ1) is 11.1. The lowest BCUT2D eigenvalue weighted by Crippen LogP contribution is -2.23. The average molecular weight is 227 g/mol. The minimum Gasteiger partial charge on any atom is -0.394 e. The van der Waals surface area contributed by atoms with E-state index >= 15 is 0 Å². The van der Waals surface area contributed by atoms with E-state index in [0.717, 1.165) is 0 Å². The van der Waals surface area contributed by atoms with E-state index in [-0.39, 0.29) is 11.6 Å². The number of imidazole rings is 1. The summed E-state index contributed by atoms with van der Waals surface area (Å²) in [6.07, 6.45) is -0.604. The van der Waals surface area contributed by atoms with Crippen LogP contribution in [0.25, 0.3) is 0 Å². The molecule has 2 atom stereocenters. The van der Waals surface area contributed by atoms with Crippen molar-refractivity contribution in [2.24, 2.45) is 0 Å². The molecule has 1 aromatic rings. The first-order valence-corrected chi connectivity index (χ1v) is 4.95. The Labute approximate surface area is 91.3 Å². The van der Waals surface area contributed by atoms with E-state index < -0.39 is 18.8 Å². The zero-order valence-corrected chi connectivity index (χ0v) is 8.50. The van der Waals surface area contributed by atoms with Gasteiger partial charge in [-0.25, -0.2) is 4.98 Å². The molecule has 4 N–H and O–H groups in total. The summed E-state index contributed by atoms with van der Waals surface area (Å²) in [5.41, 5.74) is 0.235. The number of aryl methyl sites for hydroxylation is 1. The number of carbonyl (C=O) groups excluding carboxylic acids is 1. The molecular formula is C9H13N3O4. The number of amides is 1. The van der Waals surface area contributed by atoms with E-state index in [1.807, 2.05) is 0 Å². The van der Waals surface area contributed by atoms with Gasteiger partial charge in [-0.05, 0) is 0 Å². The number of fused-ring (bicyclic) bond motifs is 1. The third-order valence-corrected chi connectivity index (χ3v) is 2.48. The van der Waals surface area contributed by atoms with Gasteiger partial charge >= 0.3 is 0 Å². The molecule has 2 unspecified atom stereocenters. The molecule has 0 aliphatic carbocycles. The van der Waals surface area contributed by atoms with Gasteiger partial charge in [0.25, 0.3) is 0 Å². The zero-order valence-electron chi connectivity index (χ0n) is 8.50. The molecule has 16 heavy (non-hydrogen) atoms. The maximum atomic E-state index is 11.1. The highest BCUT2D eigenvalue weighted by molar-refractivity contribution is 5.90. The molecule has 1 amide bonds. The molecule has 88 valence electrons. The Kier molecular flexibility index (Phi) is 2.90. The average Bonchev–Trinajstić information content (AvgIpc) is 2.69. The third-order valence-electron chi connectivity index (χ3n) is 2.48. The van der Waals surface area contributed by atoms with Gasteiger partial charge in [-0.3, -0.25) is 10.1 Å². The van der Waals surface area contributed by atoms with Gasteiger partial charge in [0.2, 0.25) is 11.9 Å². The summed E-state index contributed by atoms with van der Waals surface area (Å²) < 4.78 is 1.68. The highest BCUT2D eigenvalue weighted by Gasteiger charge is 2.24. The van der Waals surface area contributed by atoms with Crippen LogP contribution in [-0.2, 0) is 11.3 Å². The standard InChI is InChI=1S/C9H13N3O4/c13-4-6(14)8(16)5-3-12-2-1-7(15)11-9(12)10-5/h3,6,8,13-14,16H,1-2,4H2,(H,10,11,15). The highest BCUT2D eigenvalue weighted by Crippen LogP contribution is 2.21. The predicted octanol–water partition coefficient (Wildman–Crippen LogP) is -1.39. The van der Waals surface area contributed by atoms with Gasteiger partial charge in [0.15, 0.2) is 0 Å². The molecule has 0 fully saturated rings. The monoisotopic (exact) mass is 227 g/mol. The van der Waals surface area contributed by atoms with E-state index in [1.165, 1.54) is 0 Å². The first-order chi connectivity index (χ1) is 7.61. The lowest BCUT2D eigenvalue weighted by Gasteiger charge is -2.13. The van der Waals surface area contributed by atoms with Crippen LogP contribution in [0.3, 0.4) is 0 Å². The Morgan fingerprint density at radius 2 is 2.31 bits per heavy atom. The van der Waals surface area contributed by atoms with E-state index in [4.69, 9.17) is 5.11 Å². The number of aliphatic hydroxyl groups is 3. The van der Waals surface area contributed by atoms with Crippen LogP contribution in [0.15, 0.2) is 6.20 Å². The first-order valence-electron chi connectivity index (χ1n) is 4.95.